The largest absolute Gasteiger partial charge is 0.294 e. The molecule has 2 rings (SSSR count). The summed E-state index contributed by atoms with van der Waals surface area (Å²) in [5.74, 6) is 0.0547. The minimum absolute atomic E-state index is 0.0547. The molecule has 92 valence electrons. The molecule has 0 fully saturated rings. The molecule has 0 spiro atoms. The normalized spacial score (nSPS) is 10.4. The van der Waals surface area contributed by atoms with Gasteiger partial charge in [-0.15, -0.1) is 0 Å². The van der Waals surface area contributed by atoms with Gasteiger partial charge in [-0.25, -0.2) is 0 Å². The number of carbonyl (C=O) groups is 1. The zero-order chi connectivity index (χ0) is 13.1. The van der Waals surface area contributed by atoms with Crippen LogP contribution in [-0.4, -0.2) is 10.8 Å². The standard InChI is InChI=1S/C14H11BrClNO/c1-9-8-17-5-4-12(9)14(18)6-10-2-3-11(15)7-13(10)16/h2-5,7-8H,6H2,1H3. The zero-order valence-electron chi connectivity index (χ0n) is 9.78. The Hall–Kier alpha value is -1.19. The van der Waals surface area contributed by atoms with Crippen LogP contribution in [0.15, 0.2) is 41.1 Å². The second-order valence-corrected chi connectivity index (χ2v) is 5.35. The predicted octanol–water partition coefficient (Wildman–Crippen LogP) is 4.23. The number of halogens is 2. The average Bonchev–Trinajstić information content (AvgIpc) is 2.33. The van der Waals surface area contributed by atoms with E-state index in [0.717, 1.165) is 15.6 Å². The van der Waals surface area contributed by atoms with E-state index in [1.807, 2.05) is 19.1 Å². The minimum atomic E-state index is 0.0547. The molecule has 0 aliphatic rings. The van der Waals surface area contributed by atoms with E-state index in [-0.39, 0.29) is 5.78 Å². The second kappa shape index (κ2) is 5.63. The van der Waals surface area contributed by atoms with Crippen LogP contribution in [0.25, 0.3) is 0 Å². The fourth-order valence-electron chi connectivity index (χ4n) is 1.72. The van der Waals surface area contributed by atoms with Crippen LogP contribution in [0.4, 0.5) is 0 Å². The maximum absolute atomic E-state index is 12.2. The summed E-state index contributed by atoms with van der Waals surface area (Å²) in [5, 5.41) is 0.601. The van der Waals surface area contributed by atoms with Crippen LogP contribution in [0.5, 0.6) is 0 Å². The Bertz CT molecular complexity index is 598. The Labute approximate surface area is 119 Å². The molecular formula is C14H11BrClNO. The monoisotopic (exact) mass is 323 g/mol. The number of hydrogen-bond donors (Lipinski definition) is 0. The average molecular weight is 325 g/mol. The van der Waals surface area contributed by atoms with E-state index >= 15 is 0 Å². The maximum Gasteiger partial charge on any atom is 0.167 e. The van der Waals surface area contributed by atoms with Crippen molar-refractivity contribution in [1.29, 1.82) is 0 Å². The molecule has 0 aliphatic carbocycles. The summed E-state index contributed by atoms with van der Waals surface area (Å²) >= 11 is 9.45. The second-order valence-electron chi connectivity index (χ2n) is 4.03. The van der Waals surface area contributed by atoms with Crippen molar-refractivity contribution < 1.29 is 4.79 Å². The van der Waals surface area contributed by atoms with Gasteiger partial charge in [-0.05, 0) is 36.2 Å². The topological polar surface area (TPSA) is 30.0 Å². The van der Waals surface area contributed by atoms with Crippen molar-refractivity contribution in [3.8, 4) is 0 Å². The molecule has 0 aliphatic heterocycles. The van der Waals surface area contributed by atoms with E-state index in [2.05, 4.69) is 20.9 Å². The van der Waals surface area contributed by atoms with Gasteiger partial charge in [0.05, 0.1) is 0 Å². The van der Waals surface area contributed by atoms with Crippen molar-refractivity contribution in [2.75, 3.05) is 0 Å². The Balaban J connectivity index is 2.24. The first-order chi connectivity index (χ1) is 8.58. The number of pyridine rings is 1. The quantitative estimate of drug-likeness (QED) is 0.791. The van der Waals surface area contributed by atoms with Crippen LogP contribution in [0.2, 0.25) is 5.02 Å². The first-order valence-electron chi connectivity index (χ1n) is 5.45. The van der Waals surface area contributed by atoms with Gasteiger partial charge < -0.3 is 0 Å². The first kappa shape index (κ1) is 13.2. The molecule has 2 aromatic rings. The summed E-state index contributed by atoms with van der Waals surface area (Å²) in [6.07, 6.45) is 3.62. The highest BCUT2D eigenvalue weighted by molar-refractivity contribution is 9.10. The van der Waals surface area contributed by atoms with Gasteiger partial charge in [0.2, 0.25) is 0 Å². The Morgan fingerprint density at radius 2 is 2.17 bits per heavy atom. The third-order valence-corrected chi connectivity index (χ3v) is 3.53. The van der Waals surface area contributed by atoms with Crippen molar-refractivity contribution in [3.05, 3.63) is 62.8 Å². The van der Waals surface area contributed by atoms with Gasteiger partial charge in [-0.1, -0.05) is 33.6 Å². The first-order valence-corrected chi connectivity index (χ1v) is 6.63. The lowest BCUT2D eigenvalue weighted by Gasteiger charge is -2.06. The van der Waals surface area contributed by atoms with E-state index in [4.69, 9.17) is 11.6 Å². The Morgan fingerprint density at radius 3 is 2.83 bits per heavy atom. The van der Waals surface area contributed by atoms with Crippen molar-refractivity contribution >= 4 is 33.3 Å². The molecule has 0 saturated heterocycles. The number of aryl methyl sites for hydroxylation is 1. The summed E-state index contributed by atoms with van der Waals surface area (Å²) in [6, 6.07) is 7.28. The van der Waals surface area contributed by atoms with Gasteiger partial charge in [-0.2, -0.15) is 0 Å². The van der Waals surface area contributed by atoms with Gasteiger partial charge in [0.15, 0.2) is 5.78 Å². The predicted molar refractivity (Wildman–Crippen MR) is 76.2 cm³/mol. The van der Waals surface area contributed by atoms with Crippen LogP contribution in [0, 0.1) is 6.92 Å². The van der Waals surface area contributed by atoms with E-state index in [1.54, 1.807) is 24.5 Å². The molecule has 0 radical (unpaired) electrons. The third-order valence-electron chi connectivity index (χ3n) is 2.69. The molecule has 0 saturated carbocycles. The molecule has 1 heterocycles. The fourth-order valence-corrected chi connectivity index (χ4v) is 2.46. The van der Waals surface area contributed by atoms with Crippen molar-refractivity contribution in [2.24, 2.45) is 0 Å². The highest BCUT2D eigenvalue weighted by Gasteiger charge is 2.11. The molecule has 0 bridgehead atoms. The molecule has 0 unspecified atom stereocenters. The summed E-state index contributed by atoms with van der Waals surface area (Å²) in [7, 11) is 0. The lowest BCUT2D eigenvalue weighted by atomic mass is 10.0. The van der Waals surface area contributed by atoms with E-state index in [9.17, 15) is 4.79 Å². The molecule has 18 heavy (non-hydrogen) atoms. The van der Waals surface area contributed by atoms with Crippen LogP contribution >= 0.6 is 27.5 Å². The summed E-state index contributed by atoms with van der Waals surface area (Å²) in [4.78, 5) is 16.2. The smallest absolute Gasteiger partial charge is 0.167 e. The highest BCUT2D eigenvalue weighted by atomic mass is 79.9. The summed E-state index contributed by atoms with van der Waals surface area (Å²) in [5.41, 5.74) is 2.42. The number of nitrogens with zero attached hydrogens (tertiary/aromatic N) is 1. The summed E-state index contributed by atoms with van der Waals surface area (Å²) < 4.78 is 0.906. The van der Waals surface area contributed by atoms with Crippen LogP contribution in [0.1, 0.15) is 21.5 Å². The third kappa shape index (κ3) is 2.98. The van der Waals surface area contributed by atoms with Gasteiger partial charge >= 0.3 is 0 Å². The highest BCUT2D eigenvalue weighted by Crippen LogP contribution is 2.23. The molecule has 0 atom stereocenters. The number of Topliss-reactive ketones (excluding diaryl/α,β-unsaturated/α-hetero) is 1. The minimum Gasteiger partial charge on any atom is -0.294 e. The lowest BCUT2D eigenvalue weighted by Crippen LogP contribution is -2.06. The maximum atomic E-state index is 12.2. The van der Waals surface area contributed by atoms with Gasteiger partial charge in [0.1, 0.15) is 0 Å². The van der Waals surface area contributed by atoms with Crippen molar-refractivity contribution in [1.82, 2.24) is 4.98 Å². The van der Waals surface area contributed by atoms with Crippen molar-refractivity contribution in [3.63, 3.8) is 0 Å². The van der Waals surface area contributed by atoms with Gasteiger partial charge in [0.25, 0.3) is 0 Å². The van der Waals surface area contributed by atoms with Gasteiger partial charge in [0, 0.05) is 33.9 Å². The summed E-state index contributed by atoms with van der Waals surface area (Å²) in [6.45, 7) is 1.88. The Kier molecular flexibility index (Phi) is 4.15. The molecule has 1 aromatic heterocycles. The number of benzene rings is 1. The molecule has 1 aromatic carbocycles. The van der Waals surface area contributed by atoms with Crippen molar-refractivity contribution in [2.45, 2.75) is 13.3 Å². The molecule has 2 nitrogen and oxygen atoms in total. The number of aromatic nitrogens is 1. The molecule has 4 heteroatoms. The van der Waals surface area contributed by atoms with Gasteiger partial charge in [-0.3, -0.25) is 9.78 Å². The van der Waals surface area contributed by atoms with E-state index < -0.39 is 0 Å². The Morgan fingerprint density at radius 1 is 1.39 bits per heavy atom. The SMILES string of the molecule is Cc1cnccc1C(=O)Cc1ccc(Br)cc1Cl. The van der Waals surface area contributed by atoms with E-state index in [0.29, 0.717) is 17.0 Å². The fraction of sp³-hybridized carbons (Fsp3) is 0.143. The molecular weight excluding hydrogens is 314 g/mol. The zero-order valence-corrected chi connectivity index (χ0v) is 12.1. The molecule has 0 amide bonds. The van der Waals surface area contributed by atoms with E-state index in [1.165, 1.54) is 0 Å². The lowest BCUT2D eigenvalue weighted by molar-refractivity contribution is 0.0992. The van der Waals surface area contributed by atoms with Crippen LogP contribution < -0.4 is 0 Å². The number of carbonyl (C=O) groups excluding carboxylic acids is 1. The van der Waals surface area contributed by atoms with Crippen LogP contribution in [-0.2, 0) is 6.42 Å². The number of ketones is 1. The van der Waals surface area contributed by atoms with Crippen LogP contribution in [0.3, 0.4) is 0 Å². The molecule has 0 N–H and O–H groups in total. The number of rotatable bonds is 3. The number of hydrogen-bond acceptors (Lipinski definition) is 2.